The molecule has 1 amide bonds. The van der Waals surface area contributed by atoms with Gasteiger partial charge in [0.2, 0.25) is 11.8 Å². The third-order valence-corrected chi connectivity index (χ3v) is 3.97. The lowest BCUT2D eigenvalue weighted by atomic mass is 10.0. The molecule has 1 aromatic heterocycles. The number of nitrogens with zero attached hydrogens (tertiary/aromatic N) is 2. The number of benzene rings is 1. The van der Waals surface area contributed by atoms with Crippen molar-refractivity contribution in [2.75, 3.05) is 7.05 Å². The van der Waals surface area contributed by atoms with Gasteiger partial charge in [-0.2, -0.15) is 0 Å². The van der Waals surface area contributed by atoms with Crippen molar-refractivity contribution in [1.82, 2.24) is 9.88 Å². The van der Waals surface area contributed by atoms with E-state index in [0.717, 1.165) is 5.56 Å². The van der Waals surface area contributed by atoms with Crippen LogP contribution in [0.15, 0.2) is 34.7 Å². The second-order valence-electron chi connectivity index (χ2n) is 5.88. The van der Waals surface area contributed by atoms with E-state index in [1.807, 2.05) is 30.3 Å². The van der Waals surface area contributed by atoms with Gasteiger partial charge in [0, 0.05) is 12.6 Å². The number of aliphatic carboxylic acids is 1. The van der Waals surface area contributed by atoms with E-state index < -0.39 is 11.5 Å². The third-order valence-electron chi connectivity index (χ3n) is 3.97. The molecule has 2 aromatic rings. The summed E-state index contributed by atoms with van der Waals surface area (Å²) in [6.45, 7) is 4.71. The van der Waals surface area contributed by atoms with Crippen LogP contribution in [0.3, 0.4) is 0 Å². The molecular weight excluding hydrogens is 296 g/mol. The van der Waals surface area contributed by atoms with E-state index in [-0.39, 0.29) is 12.3 Å². The fourth-order valence-corrected chi connectivity index (χ4v) is 2.01. The molecule has 0 aliphatic heterocycles. The maximum atomic E-state index is 12.3. The largest absolute Gasteiger partial charge is 0.480 e. The summed E-state index contributed by atoms with van der Waals surface area (Å²) in [4.78, 5) is 29.2. The Hall–Kier alpha value is -2.63. The van der Waals surface area contributed by atoms with Crippen molar-refractivity contribution in [2.24, 2.45) is 0 Å². The van der Waals surface area contributed by atoms with Gasteiger partial charge in [0.05, 0.1) is 12.1 Å². The molecule has 23 heavy (non-hydrogen) atoms. The number of carbonyl (C=O) groups excluding carboxylic acids is 1. The minimum absolute atomic E-state index is 0.00459. The van der Waals surface area contributed by atoms with Crippen molar-refractivity contribution >= 4 is 11.9 Å². The third kappa shape index (κ3) is 3.41. The molecule has 0 aliphatic carbocycles. The summed E-state index contributed by atoms with van der Waals surface area (Å²) in [6, 6.07) is 9.39. The first-order valence-corrected chi connectivity index (χ1v) is 7.25. The van der Waals surface area contributed by atoms with Gasteiger partial charge in [0.1, 0.15) is 11.3 Å². The number of aryl methyl sites for hydroxylation is 1. The van der Waals surface area contributed by atoms with Gasteiger partial charge in [-0.1, -0.05) is 18.2 Å². The van der Waals surface area contributed by atoms with Crippen LogP contribution in [0.5, 0.6) is 0 Å². The number of carboxylic acid groups (broad SMARTS) is 1. The van der Waals surface area contributed by atoms with Crippen molar-refractivity contribution in [3.8, 4) is 11.5 Å². The highest BCUT2D eigenvalue weighted by molar-refractivity contribution is 5.87. The average molecular weight is 316 g/mol. The van der Waals surface area contributed by atoms with E-state index in [1.54, 1.807) is 6.92 Å². The van der Waals surface area contributed by atoms with Gasteiger partial charge >= 0.3 is 5.97 Å². The summed E-state index contributed by atoms with van der Waals surface area (Å²) in [5.41, 5.74) is 0.0622. The van der Waals surface area contributed by atoms with Crippen molar-refractivity contribution in [2.45, 2.75) is 32.7 Å². The van der Waals surface area contributed by atoms with Crippen molar-refractivity contribution in [3.05, 3.63) is 41.8 Å². The average Bonchev–Trinajstić information content (AvgIpc) is 2.88. The number of carboxylic acids is 1. The predicted molar refractivity (Wildman–Crippen MR) is 84.9 cm³/mol. The van der Waals surface area contributed by atoms with Gasteiger partial charge in [-0.05, 0) is 32.9 Å². The number of hydrogen-bond acceptors (Lipinski definition) is 4. The van der Waals surface area contributed by atoms with Crippen LogP contribution in [-0.4, -0.2) is 39.5 Å². The molecule has 0 bridgehead atoms. The maximum absolute atomic E-state index is 12.3. The van der Waals surface area contributed by atoms with Crippen LogP contribution in [-0.2, 0) is 16.0 Å². The molecule has 1 aromatic carbocycles. The Morgan fingerprint density at radius 2 is 1.87 bits per heavy atom. The molecule has 122 valence electrons. The Morgan fingerprint density at radius 1 is 1.26 bits per heavy atom. The smallest absolute Gasteiger partial charge is 0.329 e. The molecule has 0 saturated carbocycles. The Labute approximate surface area is 134 Å². The van der Waals surface area contributed by atoms with Crippen molar-refractivity contribution in [1.29, 1.82) is 0 Å². The molecule has 0 atom stereocenters. The summed E-state index contributed by atoms with van der Waals surface area (Å²) in [6.07, 6.45) is -0.00459. The lowest BCUT2D eigenvalue weighted by Crippen LogP contribution is -2.51. The second kappa shape index (κ2) is 6.24. The van der Waals surface area contributed by atoms with Crippen molar-refractivity contribution < 1.29 is 19.1 Å². The summed E-state index contributed by atoms with van der Waals surface area (Å²) >= 11 is 0. The Balaban J connectivity index is 2.20. The Kier molecular flexibility index (Phi) is 4.54. The monoisotopic (exact) mass is 316 g/mol. The van der Waals surface area contributed by atoms with Gasteiger partial charge in [0.25, 0.3) is 0 Å². The van der Waals surface area contributed by atoms with Crippen LogP contribution < -0.4 is 0 Å². The molecule has 1 N–H and O–H groups in total. The van der Waals surface area contributed by atoms with E-state index >= 15 is 0 Å². The fraction of sp³-hybridized carbons (Fsp3) is 0.353. The van der Waals surface area contributed by atoms with Gasteiger partial charge in [-0.25, -0.2) is 9.78 Å². The SMILES string of the molecule is Cc1oc(-c2ccccc2)nc1CC(=O)N(C)C(C)(C)C(=O)O. The molecule has 1 heterocycles. The standard InChI is InChI=1S/C17H20N2O4/c1-11-13(10-14(20)19(4)17(2,3)16(21)22)18-15(23-11)12-8-6-5-7-9-12/h5-9H,10H2,1-4H3,(H,21,22). The first-order chi connectivity index (χ1) is 10.7. The maximum Gasteiger partial charge on any atom is 0.329 e. The lowest BCUT2D eigenvalue weighted by molar-refractivity contribution is -0.155. The number of rotatable bonds is 5. The summed E-state index contributed by atoms with van der Waals surface area (Å²) in [5.74, 6) is -0.381. The quantitative estimate of drug-likeness (QED) is 0.916. The summed E-state index contributed by atoms with van der Waals surface area (Å²) < 4.78 is 5.62. The number of oxazole rings is 1. The molecule has 2 rings (SSSR count). The molecular formula is C17H20N2O4. The van der Waals surface area contributed by atoms with Crippen LogP contribution in [0, 0.1) is 6.92 Å². The van der Waals surface area contributed by atoms with E-state index in [0.29, 0.717) is 17.3 Å². The van der Waals surface area contributed by atoms with Crippen LogP contribution in [0.4, 0.5) is 0 Å². The highest BCUT2D eigenvalue weighted by Crippen LogP contribution is 2.22. The van der Waals surface area contributed by atoms with Crippen LogP contribution in [0.25, 0.3) is 11.5 Å². The zero-order valence-corrected chi connectivity index (χ0v) is 13.7. The number of amides is 1. The van der Waals surface area contributed by atoms with Crippen LogP contribution in [0.2, 0.25) is 0 Å². The topological polar surface area (TPSA) is 83.6 Å². The first kappa shape index (κ1) is 16.7. The minimum atomic E-state index is -1.28. The predicted octanol–water partition coefficient (Wildman–Crippen LogP) is 2.51. The molecule has 6 heteroatoms. The van der Waals surface area contributed by atoms with Gasteiger partial charge in [-0.3, -0.25) is 4.79 Å². The zero-order valence-electron chi connectivity index (χ0n) is 13.7. The molecule has 0 unspecified atom stereocenters. The van der Waals surface area contributed by atoms with E-state index in [4.69, 9.17) is 4.42 Å². The van der Waals surface area contributed by atoms with Crippen molar-refractivity contribution in [3.63, 3.8) is 0 Å². The Bertz CT molecular complexity index is 719. The van der Waals surface area contributed by atoms with Crippen LogP contribution >= 0.6 is 0 Å². The minimum Gasteiger partial charge on any atom is -0.480 e. The zero-order chi connectivity index (χ0) is 17.2. The Morgan fingerprint density at radius 3 is 2.43 bits per heavy atom. The highest BCUT2D eigenvalue weighted by Gasteiger charge is 2.35. The highest BCUT2D eigenvalue weighted by atomic mass is 16.4. The van der Waals surface area contributed by atoms with E-state index in [1.165, 1.54) is 25.8 Å². The summed E-state index contributed by atoms with van der Waals surface area (Å²) in [5, 5.41) is 9.21. The molecule has 0 fully saturated rings. The van der Waals surface area contributed by atoms with Crippen LogP contribution in [0.1, 0.15) is 25.3 Å². The molecule has 0 aliphatic rings. The normalized spacial score (nSPS) is 11.3. The number of carbonyl (C=O) groups is 2. The van der Waals surface area contributed by atoms with E-state index in [9.17, 15) is 14.7 Å². The second-order valence-corrected chi connectivity index (χ2v) is 5.88. The molecule has 0 spiro atoms. The van der Waals surface area contributed by atoms with Gasteiger partial charge in [-0.15, -0.1) is 0 Å². The van der Waals surface area contributed by atoms with E-state index in [2.05, 4.69) is 4.98 Å². The lowest BCUT2D eigenvalue weighted by Gasteiger charge is -2.31. The molecule has 0 saturated heterocycles. The summed E-state index contributed by atoms with van der Waals surface area (Å²) in [7, 11) is 1.48. The molecule has 6 nitrogen and oxygen atoms in total. The van der Waals surface area contributed by atoms with Gasteiger partial charge in [0.15, 0.2) is 0 Å². The molecule has 0 radical (unpaired) electrons. The number of aromatic nitrogens is 1. The first-order valence-electron chi connectivity index (χ1n) is 7.25. The number of likely N-dealkylation sites (N-methyl/N-ethyl adjacent to an activating group) is 1. The van der Waals surface area contributed by atoms with Gasteiger partial charge < -0.3 is 14.4 Å². The fourth-order valence-electron chi connectivity index (χ4n) is 2.01. The number of hydrogen-bond donors (Lipinski definition) is 1.